The minimum absolute atomic E-state index is 0.219. The lowest BCUT2D eigenvalue weighted by atomic mass is 10.0. The minimum atomic E-state index is -4.50. The third kappa shape index (κ3) is 5.87. The topological polar surface area (TPSA) is 109 Å². The maximum Gasteiger partial charge on any atom is 0.405 e. The van der Waals surface area contributed by atoms with Crippen molar-refractivity contribution < 1.29 is 22.8 Å². The van der Waals surface area contributed by atoms with Crippen molar-refractivity contribution in [2.75, 3.05) is 17.2 Å². The Balaban J connectivity index is 1.79. The zero-order chi connectivity index (χ0) is 22.8. The molecule has 0 unspecified atom stereocenters. The van der Waals surface area contributed by atoms with Crippen LogP contribution >= 0.6 is 11.3 Å². The van der Waals surface area contributed by atoms with Crippen molar-refractivity contribution in [3.8, 4) is 11.4 Å². The third-order valence-corrected chi connectivity index (χ3v) is 4.98. The van der Waals surface area contributed by atoms with Gasteiger partial charge < -0.3 is 16.0 Å². The Labute approximate surface area is 179 Å². The molecule has 0 aliphatic rings. The number of alkyl halides is 3. The summed E-state index contributed by atoms with van der Waals surface area (Å²) in [5, 5.41) is 7.81. The quantitative estimate of drug-likeness (QED) is 0.528. The molecule has 2 heterocycles. The number of amides is 2. The average Bonchev–Trinajstić information content (AvgIpc) is 3.05. The molecule has 2 aromatic heterocycles. The highest BCUT2D eigenvalue weighted by molar-refractivity contribution is 7.22. The molecule has 3 rings (SSSR count). The van der Waals surface area contributed by atoms with Gasteiger partial charge in [-0.3, -0.25) is 9.59 Å². The van der Waals surface area contributed by atoms with Gasteiger partial charge in [0.2, 0.25) is 11.8 Å². The molecule has 8 nitrogen and oxygen atoms in total. The van der Waals surface area contributed by atoms with E-state index < -0.39 is 24.2 Å². The van der Waals surface area contributed by atoms with Gasteiger partial charge in [-0.15, -0.1) is 0 Å². The Morgan fingerprint density at radius 2 is 1.87 bits per heavy atom. The number of aromatic nitrogens is 3. The average molecular weight is 452 g/mol. The highest BCUT2D eigenvalue weighted by Gasteiger charge is 2.33. The maximum absolute atomic E-state index is 12.4. The number of anilines is 2. The Hall–Kier alpha value is -3.28. The molecule has 0 radical (unpaired) electrons. The van der Waals surface area contributed by atoms with E-state index in [9.17, 15) is 22.8 Å². The van der Waals surface area contributed by atoms with Gasteiger partial charge in [0.1, 0.15) is 17.9 Å². The van der Waals surface area contributed by atoms with Crippen LogP contribution in [0.5, 0.6) is 0 Å². The van der Waals surface area contributed by atoms with Crippen LogP contribution in [0, 0.1) is 0 Å². The predicted octanol–water partition coefficient (Wildman–Crippen LogP) is 3.58. The van der Waals surface area contributed by atoms with Crippen LogP contribution in [0.4, 0.5) is 24.1 Å². The lowest BCUT2D eigenvalue weighted by Gasteiger charge is -2.26. The van der Waals surface area contributed by atoms with Gasteiger partial charge in [-0.1, -0.05) is 11.3 Å². The number of carbonyl (C=O) groups excluding carboxylic acids is 2. The van der Waals surface area contributed by atoms with Crippen molar-refractivity contribution in [3.63, 3.8) is 0 Å². The number of fused-ring (bicyclic) bond motifs is 1. The normalized spacial score (nSPS) is 11.9. The molecular formula is C19H19F3N6O2S. The van der Waals surface area contributed by atoms with Crippen LogP contribution in [-0.4, -0.2) is 45.0 Å². The van der Waals surface area contributed by atoms with Gasteiger partial charge >= 0.3 is 6.18 Å². The zero-order valence-electron chi connectivity index (χ0n) is 16.8. The fourth-order valence-electron chi connectivity index (χ4n) is 2.61. The lowest BCUT2D eigenvalue weighted by Crippen LogP contribution is -2.50. The van der Waals surface area contributed by atoms with Crippen LogP contribution < -0.4 is 16.0 Å². The molecule has 3 aromatic rings. The van der Waals surface area contributed by atoms with Gasteiger partial charge in [0.05, 0.1) is 10.2 Å². The van der Waals surface area contributed by atoms with E-state index in [0.717, 1.165) is 4.70 Å². The van der Waals surface area contributed by atoms with Crippen molar-refractivity contribution in [2.24, 2.45) is 0 Å². The molecule has 1 aromatic carbocycles. The van der Waals surface area contributed by atoms with E-state index in [1.807, 2.05) is 11.4 Å². The van der Waals surface area contributed by atoms with Crippen molar-refractivity contribution in [2.45, 2.75) is 32.5 Å². The highest BCUT2D eigenvalue weighted by Crippen LogP contribution is 2.30. The number of nitrogens with zero attached hydrogens (tertiary/aromatic N) is 3. The van der Waals surface area contributed by atoms with E-state index >= 15 is 0 Å². The van der Waals surface area contributed by atoms with E-state index in [1.54, 1.807) is 12.1 Å². The van der Waals surface area contributed by atoms with Crippen LogP contribution in [-0.2, 0) is 9.59 Å². The third-order valence-electron chi connectivity index (χ3n) is 4.04. The lowest BCUT2D eigenvalue weighted by molar-refractivity contribution is -0.140. The molecule has 0 saturated heterocycles. The second-order valence-corrected chi connectivity index (χ2v) is 8.23. The molecule has 0 aliphatic carbocycles. The van der Waals surface area contributed by atoms with Crippen LogP contribution in [0.3, 0.4) is 0 Å². The molecule has 31 heavy (non-hydrogen) atoms. The minimum Gasteiger partial charge on any atom is -0.356 e. The number of halogens is 3. The van der Waals surface area contributed by atoms with Crippen molar-refractivity contribution in [1.82, 2.24) is 20.3 Å². The number of rotatable bonds is 6. The van der Waals surface area contributed by atoms with Gasteiger partial charge in [-0.2, -0.15) is 13.2 Å². The number of nitrogens with one attached hydrogen (secondary N) is 3. The van der Waals surface area contributed by atoms with E-state index in [2.05, 4.69) is 25.6 Å². The summed E-state index contributed by atoms with van der Waals surface area (Å²) in [7, 11) is 0. The summed E-state index contributed by atoms with van der Waals surface area (Å²) in [5.41, 5.74) is 0.0360. The largest absolute Gasteiger partial charge is 0.405 e. The van der Waals surface area contributed by atoms with Gasteiger partial charge in [0.25, 0.3) is 0 Å². The Bertz CT molecular complexity index is 1130. The SMILES string of the molecule is CC(=O)Nc1nc2ccc(-c3nccc(NC(C)(C)C(=O)NCC(F)(F)F)n3)cc2s1. The first-order valence-electron chi connectivity index (χ1n) is 9.08. The number of hydrogen-bond acceptors (Lipinski definition) is 7. The summed E-state index contributed by atoms with van der Waals surface area (Å²) in [4.78, 5) is 36.3. The predicted molar refractivity (Wildman–Crippen MR) is 112 cm³/mol. The van der Waals surface area contributed by atoms with Crippen LogP contribution in [0.15, 0.2) is 30.5 Å². The zero-order valence-corrected chi connectivity index (χ0v) is 17.6. The standard InChI is InChI=1S/C19H19F3N6O2S/c1-10(29)25-17-26-12-5-4-11(8-13(12)31-17)15-23-7-6-14(27-15)28-18(2,3)16(30)24-9-19(20,21)22/h4-8H,9H2,1-3H3,(H,24,30)(H,23,27,28)(H,25,26,29). The summed E-state index contributed by atoms with van der Waals surface area (Å²) in [6.45, 7) is 2.89. The Morgan fingerprint density at radius 1 is 1.13 bits per heavy atom. The van der Waals surface area contributed by atoms with Crippen LogP contribution in [0.2, 0.25) is 0 Å². The molecule has 0 bridgehead atoms. The highest BCUT2D eigenvalue weighted by atomic mass is 32.1. The molecule has 0 saturated carbocycles. The van der Waals surface area contributed by atoms with Crippen molar-refractivity contribution >= 4 is 44.3 Å². The Kier molecular flexibility index (Phi) is 6.11. The summed E-state index contributed by atoms with van der Waals surface area (Å²) < 4.78 is 37.9. The molecule has 0 fully saturated rings. The second-order valence-electron chi connectivity index (χ2n) is 7.20. The second kappa shape index (κ2) is 8.46. The van der Waals surface area contributed by atoms with Gasteiger partial charge in [-0.05, 0) is 38.1 Å². The summed E-state index contributed by atoms with van der Waals surface area (Å²) in [6.07, 6.45) is -3.02. The van der Waals surface area contributed by atoms with Crippen molar-refractivity contribution in [3.05, 3.63) is 30.5 Å². The smallest absolute Gasteiger partial charge is 0.356 e. The molecule has 164 valence electrons. The molecule has 2 amide bonds. The molecular weight excluding hydrogens is 433 g/mol. The van der Waals surface area contributed by atoms with E-state index in [4.69, 9.17) is 0 Å². The monoisotopic (exact) mass is 452 g/mol. The molecule has 0 atom stereocenters. The summed E-state index contributed by atoms with van der Waals surface area (Å²) >= 11 is 1.30. The number of benzene rings is 1. The first kappa shape index (κ1) is 22.4. The molecule has 12 heteroatoms. The van der Waals surface area contributed by atoms with E-state index in [-0.39, 0.29) is 11.7 Å². The van der Waals surface area contributed by atoms with Gasteiger partial charge in [-0.25, -0.2) is 15.0 Å². The molecule has 0 spiro atoms. The summed E-state index contributed by atoms with van der Waals surface area (Å²) in [6, 6.07) is 6.87. The van der Waals surface area contributed by atoms with Gasteiger partial charge in [0, 0.05) is 18.7 Å². The number of thiazole rings is 1. The fourth-order valence-corrected chi connectivity index (χ4v) is 3.56. The van der Waals surface area contributed by atoms with Crippen LogP contribution in [0.25, 0.3) is 21.6 Å². The Morgan fingerprint density at radius 3 is 2.55 bits per heavy atom. The first-order valence-corrected chi connectivity index (χ1v) is 9.89. The number of carbonyl (C=O) groups is 2. The molecule has 0 aliphatic heterocycles. The number of hydrogen-bond donors (Lipinski definition) is 3. The van der Waals surface area contributed by atoms with E-state index in [1.165, 1.54) is 44.4 Å². The molecule has 3 N–H and O–H groups in total. The summed E-state index contributed by atoms with van der Waals surface area (Å²) in [5.74, 6) is -0.404. The van der Waals surface area contributed by atoms with E-state index in [0.29, 0.717) is 22.0 Å². The maximum atomic E-state index is 12.4. The van der Waals surface area contributed by atoms with Gasteiger partial charge in [0.15, 0.2) is 11.0 Å². The fraction of sp³-hybridized carbons (Fsp3) is 0.316. The van der Waals surface area contributed by atoms with Crippen LogP contribution in [0.1, 0.15) is 20.8 Å². The van der Waals surface area contributed by atoms with Crippen molar-refractivity contribution in [1.29, 1.82) is 0 Å². The first-order chi connectivity index (χ1) is 14.4.